The molecule has 0 saturated carbocycles. The first-order valence-electron chi connectivity index (χ1n) is 6.37. The highest BCUT2D eigenvalue weighted by Crippen LogP contribution is 2.20. The zero-order valence-electron chi connectivity index (χ0n) is 11.2. The topological polar surface area (TPSA) is 55.8 Å². The number of amides is 1. The molecule has 1 aliphatic rings. The summed E-state index contributed by atoms with van der Waals surface area (Å²) < 4.78 is 10.1. The Bertz CT molecular complexity index is 506. The second kappa shape index (κ2) is 6.61. The second-order valence-electron chi connectivity index (χ2n) is 4.51. The highest BCUT2D eigenvalue weighted by Gasteiger charge is 2.34. The van der Waals surface area contributed by atoms with Crippen LogP contribution in [0.5, 0.6) is 5.75 Å². The molecule has 108 valence electrons. The fourth-order valence-electron chi connectivity index (χ4n) is 2.23. The van der Waals surface area contributed by atoms with Crippen LogP contribution >= 0.6 is 11.6 Å². The van der Waals surface area contributed by atoms with Crippen molar-refractivity contribution >= 4 is 23.5 Å². The van der Waals surface area contributed by atoms with Crippen LogP contribution in [0.4, 0.5) is 0 Å². The molecule has 1 aliphatic heterocycles. The summed E-state index contributed by atoms with van der Waals surface area (Å²) in [6.07, 6.45) is 1.43. The normalized spacial score (nSPS) is 17.9. The number of carbonyl (C=O) groups is 2. The number of hydrogen-bond acceptors (Lipinski definition) is 4. The largest absolute Gasteiger partial charge is 0.484 e. The van der Waals surface area contributed by atoms with Gasteiger partial charge in [0.1, 0.15) is 11.8 Å². The second-order valence-corrected chi connectivity index (χ2v) is 4.95. The average molecular weight is 298 g/mol. The molecule has 1 saturated heterocycles. The van der Waals surface area contributed by atoms with Gasteiger partial charge in [-0.15, -0.1) is 0 Å². The Kier molecular flexibility index (Phi) is 4.84. The molecule has 5 nitrogen and oxygen atoms in total. The lowest BCUT2D eigenvalue weighted by atomic mass is 10.2. The summed E-state index contributed by atoms with van der Waals surface area (Å²) in [4.78, 5) is 25.2. The molecule has 0 aliphatic carbocycles. The fraction of sp³-hybridized carbons (Fsp3) is 0.429. The quantitative estimate of drug-likeness (QED) is 0.796. The fourth-order valence-corrected chi connectivity index (χ4v) is 2.41. The van der Waals surface area contributed by atoms with Crippen LogP contribution in [0.2, 0.25) is 5.02 Å². The van der Waals surface area contributed by atoms with Gasteiger partial charge in [0.05, 0.1) is 7.11 Å². The number of benzene rings is 1. The summed E-state index contributed by atoms with van der Waals surface area (Å²) in [6, 6.07) is 6.34. The Hall–Kier alpha value is -1.75. The average Bonchev–Trinajstić information content (AvgIpc) is 2.93. The van der Waals surface area contributed by atoms with Crippen molar-refractivity contribution in [1.82, 2.24) is 4.90 Å². The zero-order chi connectivity index (χ0) is 14.5. The van der Waals surface area contributed by atoms with Gasteiger partial charge in [0, 0.05) is 11.6 Å². The summed E-state index contributed by atoms with van der Waals surface area (Å²) in [5.41, 5.74) is 0. The van der Waals surface area contributed by atoms with E-state index in [1.807, 2.05) is 0 Å². The molecule has 1 unspecified atom stereocenters. The molecule has 0 radical (unpaired) electrons. The number of rotatable bonds is 4. The zero-order valence-corrected chi connectivity index (χ0v) is 11.9. The van der Waals surface area contributed by atoms with E-state index in [2.05, 4.69) is 0 Å². The number of carbonyl (C=O) groups excluding carboxylic acids is 2. The lowest BCUT2D eigenvalue weighted by Gasteiger charge is -2.22. The Morgan fingerprint density at radius 3 is 2.95 bits per heavy atom. The maximum atomic E-state index is 12.1. The third kappa shape index (κ3) is 3.42. The Balaban J connectivity index is 1.93. The number of ether oxygens (including phenoxy) is 2. The van der Waals surface area contributed by atoms with Gasteiger partial charge in [-0.3, -0.25) is 4.79 Å². The summed E-state index contributed by atoms with van der Waals surface area (Å²) in [5, 5.41) is 0.545. The predicted octanol–water partition coefficient (Wildman–Crippen LogP) is 1.88. The van der Waals surface area contributed by atoms with Gasteiger partial charge in [0.15, 0.2) is 6.61 Å². The van der Waals surface area contributed by atoms with Gasteiger partial charge >= 0.3 is 5.97 Å². The van der Waals surface area contributed by atoms with Crippen LogP contribution in [-0.4, -0.2) is 43.1 Å². The van der Waals surface area contributed by atoms with Crippen LogP contribution in [0, 0.1) is 0 Å². The minimum absolute atomic E-state index is 0.117. The first-order valence-corrected chi connectivity index (χ1v) is 6.75. The minimum Gasteiger partial charge on any atom is -0.484 e. The molecule has 1 heterocycles. The van der Waals surface area contributed by atoms with E-state index in [0.717, 1.165) is 6.42 Å². The van der Waals surface area contributed by atoms with Crippen molar-refractivity contribution in [3.63, 3.8) is 0 Å². The van der Waals surface area contributed by atoms with Gasteiger partial charge in [-0.05, 0) is 31.0 Å². The number of hydrogen-bond donors (Lipinski definition) is 0. The summed E-state index contributed by atoms with van der Waals surface area (Å²) >= 11 is 5.83. The number of methoxy groups -OCH3 is 1. The van der Waals surface area contributed by atoms with Crippen LogP contribution < -0.4 is 4.74 Å². The number of esters is 1. The standard InChI is InChI=1S/C14H16ClNO4/c1-19-14(18)12-6-3-7-16(12)13(17)9-20-11-5-2-4-10(15)8-11/h2,4-5,8,12H,3,6-7,9H2,1H3. The van der Waals surface area contributed by atoms with Gasteiger partial charge in [-0.1, -0.05) is 17.7 Å². The van der Waals surface area contributed by atoms with E-state index in [4.69, 9.17) is 21.1 Å². The summed E-state index contributed by atoms with van der Waals surface area (Å²) in [7, 11) is 1.33. The molecule has 1 aromatic carbocycles. The molecular formula is C14H16ClNO4. The first-order chi connectivity index (χ1) is 9.61. The van der Waals surface area contributed by atoms with E-state index in [1.54, 1.807) is 24.3 Å². The number of nitrogens with zero attached hydrogens (tertiary/aromatic N) is 1. The van der Waals surface area contributed by atoms with E-state index in [9.17, 15) is 9.59 Å². The van der Waals surface area contributed by atoms with E-state index in [1.165, 1.54) is 12.0 Å². The Labute approximate surface area is 122 Å². The predicted molar refractivity (Wildman–Crippen MR) is 73.7 cm³/mol. The van der Waals surface area contributed by atoms with Crippen molar-refractivity contribution in [2.75, 3.05) is 20.3 Å². The highest BCUT2D eigenvalue weighted by molar-refractivity contribution is 6.30. The smallest absolute Gasteiger partial charge is 0.328 e. The maximum Gasteiger partial charge on any atom is 0.328 e. The van der Waals surface area contributed by atoms with Gasteiger partial charge in [0.25, 0.3) is 5.91 Å². The van der Waals surface area contributed by atoms with E-state index in [0.29, 0.717) is 23.7 Å². The molecule has 20 heavy (non-hydrogen) atoms. The molecule has 0 bridgehead atoms. The van der Waals surface area contributed by atoms with Gasteiger partial charge < -0.3 is 14.4 Å². The molecule has 0 N–H and O–H groups in total. The Morgan fingerprint density at radius 1 is 1.45 bits per heavy atom. The van der Waals surface area contributed by atoms with Crippen molar-refractivity contribution in [2.45, 2.75) is 18.9 Å². The van der Waals surface area contributed by atoms with E-state index < -0.39 is 6.04 Å². The number of likely N-dealkylation sites (tertiary alicyclic amines) is 1. The Morgan fingerprint density at radius 2 is 2.25 bits per heavy atom. The lowest BCUT2D eigenvalue weighted by molar-refractivity contribution is -0.151. The lowest BCUT2D eigenvalue weighted by Crippen LogP contribution is -2.43. The number of halogens is 1. The molecule has 0 spiro atoms. The SMILES string of the molecule is COC(=O)C1CCCN1C(=O)COc1cccc(Cl)c1. The highest BCUT2D eigenvalue weighted by atomic mass is 35.5. The molecule has 1 amide bonds. The molecule has 1 atom stereocenters. The maximum absolute atomic E-state index is 12.1. The van der Waals surface area contributed by atoms with Crippen molar-refractivity contribution in [1.29, 1.82) is 0 Å². The first kappa shape index (κ1) is 14.7. The van der Waals surface area contributed by atoms with Gasteiger partial charge in [-0.25, -0.2) is 4.79 Å². The van der Waals surface area contributed by atoms with Crippen LogP contribution in [0.1, 0.15) is 12.8 Å². The van der Waals surface area contributed by atoms with E-state index in [-0.39, 0.29) is 18.5 Å². The molecular weight excluding hydrogens is 282 g/mol. The molecule has 1 fully saturated rings. The third-order valence-electron chi connectivity index (χ3n) is 3.20. The molecule has 6 heteroatoms. The van der Waals surface area contributed by atoms with Crippen molar-refractivity contribution < 1.29 is 19.1 Å². The minimum atomic E-state index is -0.490. The van der Waals surface area contributed by atoms with Crippen molar-refractivity contribution in [3.8, 4) is 5.75 Å². The van der Waals surface area contributed by atoms with Crippen molar-refractivity contribution in [3.05, 3.63) is 29.3 Å². The van der Waals surface area contributed by atoms with Gasteiger partial charge in [0.2, 0.25) is 0 Å². The van der Waals surface area contributed by atoms with E-state index >= 15 is 0 Å². The molecule has 0 aromatic heterocycles. The van der Waals surface area contributed by atoms with Crippen LogP contribution in [0.15, 0.2) is 24.3 Å². The summed E-state index contributed by atoms with van der Waals surface area (Å²) in [5.74, 6) is -0.0730. The third-order valence-corrected chi connectivity index (χ3v) is 3.44. The van der Waals surface area contributed by atoms with Crippen LogP contribution in [0.25, 0.3) is 0 Å². The molecule has 1 aromatic rings. The van der Waals surface area contributed by atoms with Crippen LogP contribution in [0.3, 0.4) is 0 Å². The van der Waals surface area contributed by atoms with Gasteiger partial charge in [-0.2, -0.15) is 0 Å². The summed E-state index contributed by atoms with van der Waals surface area (Å²) in [6.45, 7) is 0.436. The molecule has 2 rings (SSSR count). The van der Waals surface area contributed by atoms with Crippen molar-refractivity contribution in [2.24, 2.45) is 0 Å². The van der Waals surface area contributed by atoms with Crippen LogP contribution in [-0.2, 0) is 14.3 Å². The monoisotopic (exact) mass is 297 g/mol.